The lowest BCUT2D eigenvalue weighted by molar-refractivity contribution is 0.0259. The molecule has 1 unspecified atom stereocenters. The molecular weight excluding hydrogens is 504 g/mol. The number of hydrogen-bond donors (Lipinski definition) is 1. The number of aromatic nitrogens is 2. The molecule has 2 amide bonds. The molecular formula is C31H42N6O3. The van der Waals surface area contributed by atoms with E-state index in [9.17, 15) is 4.79 Å². The van der Waals surface area contributed by atoms with Gasteiger partial charge in [0.1, 0.15) is 12.1 Å². The molecule has 4 heterocycles. The molecule has 9 heteroatoms. The third-order valence-corrected chi connectivity index (χ3v) is 8.74. The molecule has 40 heavy (non-hydrogen) atoms. The van der Waals surface area contributed by atoms with Gasteiger partial charge in [-0.1, -0.05) is 12.2 Å². The summed E-state index contributed by atoms with van der Waals surface area (Å²) in [7, 11) is 0. The number of urea groups is 1. The van der Waals surface area contributed by atoms with Crippen molar-refractivity contribution in [3.8, 4) is 5.75 Å². The van der Waals surface area contributed by atoms with Gasteiger partial charge in [-0.15, -0.1) is 0 Å². The first-order valence-electron chi connectivity index (χ1n) is 15.1. The highest BCUT2D eigenvalue weighted by atomic mass is 16.5. The second kappa shape index (κ2) is 13.1. The van der Waals surface area contributed by atoms with Crippen LogP contribution in [0, 0.1) is 0 Å². The number of carbonyl (C=O) groups excluding carboxylic acids is 1. The van der Waals surface area contributed by atoms with Crippen LogP contribution >= 0.6 is 0 Å². The van der Waals surface area contributed by atoms with Crippen LogP contribution in [0.5, 0.6) is 5.75 Å². The molecule has 0 saturated carbocycles. The minimum absolute atomic E-state index is 0.0155. The molecule has 1 N–H and O–H groups in total. The van der Waals surface area contributed by atoms with Gasteiger partial charge < -0.3 is 24.6 Å². The van der Waals surface area contributed by atoms with E-state index in [1.54, 1.807) is 6.33 Å². The fraction of sp³-hybridized carbons (Fsp3) is 0.581. The SMILES string of the molecule is O=C(NC1=CCC(N2CCOCC2)C=C1)N1CCC(c2ncnc3cc(OCCCN4CCCC4)ccc23)CC1. The number of amides is 2. The van der Waals surface area contributed by atoms with E-state index >= 15 is 0 Å². The van der Waals surface area contributed by atoms with Crippen LogP contribution in [-0.2, 0) is 4.74 Å². The number of likely N-dealkylation sites (tertiary alicyclic amines) is 2. The smallest absolute Gasteiger partial charge is 0.321 e. The minimum Gasteiger partial charge on any atom is -0.493 e. The highest BCUT2D eigenvalue weighted by Gasteiger charge is 2.27. The van der Waals surface area contributed by atoms with Crippen molar-refractivity contribution in [2.75, 3.05) is 65.6 Å². The lowest BCUT2D eigenvalue weighted by Crippen LogP contribution is -2.45. The van der Waals surface area contributed by atoms with E-state index in [1.165, 1.54) is 25.9 Å². The molecule has 0 spiro atoms. The number of carbonyl (C=O) groups is 1. The van der Waals surface area contributed by atoms with Crippen molar-refractivity contribution in [1.29, 1.82) is 0 Å². The zero-order chi connectivity index (χ0) is 27.1. The molecule has 3 saturated heterocycles. The summed E-state index contributed by atoms with van der Waals surface area (Å²) in [6.07, 6.45) is 14.5. The molecule has 1 aromatic heterocycles. The maximum absolute atomic E-state index is 13.0. The molecule has 1 atom stereocenters. The Kier molecular flexibility index (Phi) is 8.90. The monoisotopic (exact) mass is 546 g/mol. The number of nitrogens with zero attached hydrogens (tertiary/aromatic N) is 5. The van der Waals surface area contributed by atoms with Crippen LogP contribution in [-0.4, -0.2) is 102 Å². The lowest BCUT2D eigenvalue weighted by atomic mass is 9.91. The maximum Gasteiger partial charge on any atom is 0.321 e. The molecule has 214 valence electrons. The summed E-state index contributed by atoms with van der Waals surface area (Å²) in [4.78, 5) is 29.1. The van der Waals surface area contributed by atoms with Crippen LogP contribution in [0.3, 0.4) is 0 Å². The van der Waals surface area contributed by atoms with Gasteiger partial charge in [0.2, 0.25) is 0 Å². The normalized spacial score (nSPS) is 22.9. The largest absolute Gasteiger partial charge is 0.493 e. The second-order valence-corrected chi connectivity index (χ2v) is 11.4. The van der Waals surface area contributed by atoms with E-state index in [0.29, 0.717) is 25.0 Å². The van der Waals surface area contributed by atoms with Gasteiger partial charge in [0.05, 0.1) is 31.0 Å². The standard InChI is InChI=1S/C31H42N6O3/c38-31(34-25-4-6-26(7-5-25)36-17-20-39-21-18-36)37-15-10-24(11-16-37)30-28-9-8-27(22-29(28)32-23-33-30)40-19-3-14-35-12-1-2-13-35/h4-6,8-9,22-24,26H,1-3,7,10-21H2,(H,34,38). The van der Waals surface area contributed by atoms with Crippen molar-refractivity contribution < 1.29 is 14.3 Å². The Morgan fingerprint density at radius 2 is 1.88 bits per heavy atom. The van der Waals surface area contributed by atoms with Crippen LogP contribution in [0.4, 0.5) is 4.79 Å². The summed E-state index contributed by atoms with van der Waals surface area (Å²) in [5, 5.41) is 4.20. The lowest BCUT2D eigenvalue weighted by Gasteiger charge is -2.34. The second-order valence-electron chi connectivity index (χ2n) is 11.4. The zero-order valence-corrected chi connectivity index (χ0v) is 23.5. The first-order chi connectivity index (χ1) is 19.7. The molecule has 0 bridgehead atoms. The predicted molar refractivity (Wildman–Crippen MR) is 155 cm³/mol. The summed E-state index contributed by atoms with van der Waals surface area (Å²) in [5.41, 5.74) is 2.90. The van der Waals surface area contributed by atoms with Crippen molar-refractivity contribution in [3.05, 3.63) is 54.1 Å². The number of hydrogen-bond acceptors (Lipinski definition) is 7. The molecule has 1 aromatic carbocycles. The summed E-state index contributed by atoms with van der Waals surface area (Å²) in [6.45, 7) is 9.25. The Bertz CT molecular complexity index is 1210. The first-order valence-corrected chi connectivity index (χ1v) is 15.1. The topological polar surface area (TPSA) is 83.1 Å². The Hall–Kier alpha value is -3.01. The number of fused-ring (bicyclic) bond motifs is 1. The fourth-order valence-corrected chi connectivity index (χ4v) is 6.40. The van der Waals surface area contributed by atoms with Gasteiger partial charge in [-0.05, 0) is 69.8 Å². The van der Waals surface area contributed by atoms with Crippen LogP contribution in [0.2, 0.25) is 0 Å². The Morgan fingerprint density at radius 3 is 2.65 bits per heavy atom. The van der Waals surface area contributed by atoms with Crippen molar-refractivity contribution in [2.24, 2.45) is 0 Å². The van der Waals surface area contributed by atoms with Crippen molar-refractivity contribution in [1.82, 2.24) is 30.0 Å². The maximum atomic E-state index is 13.0. The molecule has 1 aliphatic carbocycles. The quantitative estimate of drug-likeness (QED) is 0.503. The van der Waals surface area contributed by atoms with Crippen molar-refractivity contribution in [2.45, 2.75) is 50.5 Å². The third kappa shape index (κ3) is 6.65. The highest BCUT2D eigenvalue weighted by Crippen LogP contribution is 2.32. The van der Waals surface area contributed by atoms with Crippen LogP contribution < -0.4 is 10.1 Å². The summed E-state index contributed by atoms with van der Waals surface area (Å²) >= 11 is 0. The first kappa shape index (κ1) is 27.2. The minimum atomic E-state index is -0.0155. The van der Waals surface area contributed by atoms with Crippen LogP contribution in [0.15, 0.2) is 48.5 Å². The van der Waals surface area contributed by atoms with E-state index < -0.39 is 0 Å². The average molecular weight is 547 g/mol. The molecule has 3 fully saturated rings. The summed E-state index contributed by atoms with van der Waals surface area (Å²) in [5.74, 6) is 1.18. The molecule has 4 aliphatic rings. The molecule has 3 aliphatic heterocycles. The number of rotatable bonds is 8. The number of nitrogens with one attached hydrogen (secondary N) is 1. The third-order valence-electron chi connectivity index (χ3n) is 8.74. The van der Waals surface area contributed by atoms with Gasteiger partial charge in [0.15, 0.2) is 0 Å². The van der Waals surface area contributed by atoms with E-state index in [2.05, 4.69) is 43.3 Å². The predicted octanol–water partition coefficient (Wildman–Crippen LogP) is 3.93. The van der Waals surface area contributed by atoms with E-state index in [4.69, 9.17) is 9.47 Å². The van der Waals surface area contributed by atoms with Crippen molar-refractivity contribution in [3.63, 3.8) is 0 Å². The number of benzene rings is 1. The van der Waals surface area contributed by atoms with Gasteiger partial charge in [-0.2, -0.15) is 0 Å². The zero-order valence-electron chi connectivity index (χ0n) is 23.5. The number of morpholine rings is 1. The Morgan fingerprint density at radius 1 is 1.05 bits per heavy atom. The summed E-state index contributed by atoms with van der Waals surface area (Å²) in [6, 6.07) is 6.56. The van der Waals surface area contributed by atoms with E-state index in [0.717, 1.165) is 93.2 Å². The molecule has 0 radical (unpaired) electrons. The van der Waals surface area contributed by atoms with Crippen LogP contribution in [0.25, 0.3) is 10.9 Å². The van der Waals surface area contributed by atoms with Gasteiger partial charge in [0, 0.05) is 61.8 Å². The Labute approximate surface area is 237 Å². The van der Waals surface area contributed by atoms with Gasteiger partial charge in [-0.25, -0.2) is 14.8 Å². The number of allylic oxidation sites excluding steroid dienone is 1. The number of ether oxygens (including phenoxy) is 2. The molecule has 9 nitrogen and oxygen atoms in total. The van der Waals surface area contributed by atoms with Crippen LogP contribution in [0.1, 0.15) is 50.1 Å². The van der Waals surface area contributed by atoms with Gasteiger partial charge in [-0.3, -0.25) is 4.90 Å². The fourth-order valence-electron chi connectivity index (χ4n) is 6.40. The van der Waals surface area contributed by atoms with E-state index in [-0.39, 0.29) is 6.03 Å². The average Bonchev–Trinajstić information content (AvgIpc) is 3.53. The van der Waals surface area contributed by atoms with Gasteiger partial charge >= 0.3 is 6.03 Å². The van der Waals surface area contributed by atoms with Gasteiger partial charge in [0.25, 0.3) is 0 Å². The molecule has 6 rings (SSSR count). The Balaban J connectivity index is 0.983. The molecule has 2 aromatic rings. The summed E-state index contributed by atoms with van der Waals surface area (Å²) < 4.78 is 11.5. The highest BCUT2D eigenvalue weighted by molar-refractivity contribution is 5.82. The van der Waals surface area contributed by atoms with E-state index in [1.807, 2.05) is 23.1 Å². The number of piperidine rings is 1. The van der Waals surface area contributed by atoms with Crippen molar-refractivity contribution >= 4 is 16.9 Å².